The Morgan fingerprint density at radius 1 is 1.27 bits per heavy atom. The van der Waals surface area contributed by atoms with Crippen LogP contribution in [0.5, 0.6) is 0 Å². The number of carbonyl (C=O) groups is 1. The van der Waals surface area contributed by atoms with Crippen LogP contribution in [0.1, 0.15) is 40.5 Å². The van der Waals surface area contributed by atoms with E-state index in [1.54, 1.807) is 0 Å². The van der Waals surface area contributed by atoms with Crippen molar-refractivity contribution < 1.29 is 9.90 Å². The summed E-state index contributed by atoms with van der Waals surface area (Å²) in [5, 5.41) is 9.05. The van der Waals surface area contributed by atoms with E-state index in [2.05, 4.69) is 11.9 Å². The van der Waals surface area contributed by atoms with Crippen molar-refractivity contribution in [2.45, 2.75) is 40.5 Å². The van der Waals surface area contributed by atoms with Crippen LogP contribution in [0.2, 0.25) is 0 Å². The molecule has 0 saturated carbocycles. The summed E-state index contributed by atoms with van der Waals surface area (Å²) in [6.45, 7) is 9.74. The zero-order valence-electron chi connectivity index (χ0n) is 10.7. The monoisotopic (exact) mass is 215 g/mol. The summed E-state index contributed by atoms with van der Waals surface area (Å²) in [4.78, 5) is 13.2. The lowest BCUT2D eigenvalue weighted by Crippen LogP contribution is -2.40. The summed E-state index contributed by atoms with van der Waals surface area (Å²) >= 11 is 0. The normalized spacial score (nSPS) is 19.3. The quantitative estimate of drug-likeness (QED) is 0.769. The van der Waals surface area contributed by atoms with Crippen LogP contribution in [0.25, 0.3) is 0 Å². The molecule has 3 nitrogen and oxygen atoms in total. The SMILES string of the molecule is CC.CN1CCC(C(C)(C)C(=O)O)CC1. The predicted octanol–water partition coefficient (Wildman–Crippen LogP) is 2.47. The lowest BCUT2D eigenvalue weighted by Gasteiger charge is -2.36. The number of carboxylic acid groups (broad SMARTS) is 1. The molecule has 1 aliphatic heterocycles. The van der Waals surface area contributed by atoms with E-state index in [1.165, 1.54) is 0 Å². The number of hydrogen-bond acceptors (Lipinski definition) is 2. The Hall–Kier alpha value is -0.570. The van der Waals surface area contributed by atoms with Crippen LogP contribution in [0.15, 0.2) is 0 Å². The fourth-order valence-electron chi connectivity index (χ4n) is 1.90. The minimum absolute atomic E-state index is 0.334. The first-order chi connectivity index (χ1) is 6.94. The Morgan fingerprint density at radius 3 is 2.00 bits per heavy atom. The Balaban J connectivity index is 0.000000921. The van der Waals surface area contributed by atoms with Gasteiger partial charge in [-0.15, -0.1) is 0 Å². The Kier molecular flexibility index (Phi) is 5.88. The smallest absolute Gasteiger partial charge is 0.309 e. The van der Waals surface area contributed by atoms with Gasteiger partial charge in [-0.05, 0) is 52.7 Å². The largest absolute Gasteiger partial charge is 0.481 e. The van der Waals surface area contributed by atoms with Crippen molar-refractivity contribution in [2.24, 2.45) is 11.3 Å². The van der Waals surface area contributed by atoms with E-state index >= 15 is 0 Å². The molecular weight excluding hydrogens is 190 g/mol. The summed E-state index contributed by atoms with van der Waals surface area (Å²) in [6, 6.07) is 0. The number of piperidine rings is 1. The fraction of sp³-hybridized carbons (Fsp3) is 0.917. The van der Waals surface area contributed by atoms with Gasteiger partial charge in [-0.2, -0.15) is 0 Å². The molecule has 15 heavy (non-hydrogen) atoms. The van der Waals surface area contributed by atoms with Crippen molar-refractivity contribution >= 4 is 5.97 Å². The molecule has 0 aromatic carbocycles. The van der Waals surface area contributed by atoms with E-state index in [9.17, 15) is 4.79 Å². The first kappa shape index (κ1) is 14.4. The zero-order chi connectivity index (χ0) is 12.1. The number of rotatable bonds is 2. The van der Waals surface area contributed by atoms with Gasteiger partial charge in [0.25, 0.3) is 0 Å². The molecule has 1 rings (SSSR count). The maximum absolute atomic E-state index is 11.0. The average molecular weight is 215 g/mol. The number of carboxylic acids is 1. The van der Waals surface area contributed by atoms with Gasteiger partial charge in [-0.1, -0.05) is 13.8 Å². The van der Waals surface area contributed by atoms with Crippen molar-refractivity contribution in [1.82, 2.24) is 4.90 Å². The van der Waals surface area contributed by atoms with E-state index < -0.39 is 11.4 Å². The van der Waals surface area contributed by atoms with Crippen molar-refractivity contribution in [3.63, 3.8) is 0 Å². The second-order valence-corrected chi connectivity index (χ2v) is 4.60. The fourth-order valence-corrected chi connectivity index (χ4v) is 1.90. The molecule has 0 unspecified atom stereocenters. The molecule has 0 aromatic rings. The molecule has 0 aromatic heterocycles. The minimum Gasteiger partial charge on any atom is -0.481 e. The van der Waals surface area contributed by atoms with Gasteiger partial charge in [0.2, 0.25) is 0 Å². The van der Waals surface area contributed by atoms with Gasteiger partial charge in [0.15, 0.2) is 0 Å². The summed E-state index contributed by atoms with van der Waals surface area (Å²) in [6.07, 6.45) is 2.02. The molecule has 0 spiro atoms. The molecule has 1 fully saturated rings. The van der Waals surface area contributed by atoms with Gasteiger partial charge in [0, 0.05) is 0 Å². The average Bonchev–Trinajstić information content (AvgIpc) is 2.21. The van der Waals surface area contributed by atoms with Crippen molar-refractivity contribution in [1.29, 1.82) is 0 Å². The standard InChI is InChI=1S/C10H19NO2.C2H6/c1-10(2,9(12)13)8-4-6-11(3)7-5-8;1-2/h8H,4-7H2,1-3H3,(H,12,13);1-2H3. The predicted molar refractivity (Wildman–Crippen MR) is 63.0 cm³/mol. The number of nitrogens with zero attached hydrogens (tertiary/aromatic N) is 1. The van der Waals surface area contributed by atoms with Gasteiger partial charge in [0.05, 0.1) is 5.41 Å². The molecule has 0 bridgehead atoms. The Morgan fingerprint density at radius 2 is 1.67 bits per heavy atom. The third-order valence-electron chi connectivity index (χ3n) is 3.29. The topological polar surface area (TPSA) is 40.5 Å². The first-order valence-corrected chi connectivity index (χ1v) is 5.86. The second kappa shape index (κ2) is 6.11. The number of likely N-dealkylation sites (tertiary alicyclic amines) is 1. The van der Waals surface area contributed by atoms with Crippen molar-refractivity contribution in [3.05, 3.63) is 0 Å². The number of hydrogen-bond donors (Lipinski definition) is 1. The molecule has 0 amide bonds. The number of aliphatic carboxylic acids is 1. The van der Waals surface area contributed by atoms with Crippen LogP contribution in [0.4, 0.5) is 0 Å². The highest BCUT2D eigenvalue weighted by Gasteiger charge is 2.37. The van der Waals surface area contributed by atoms with Crippen LogP contribution in [-0.2, 0) is 4.79 Å². The third-order valence-corrected chi connectivity index (χ3v) is 3.29. The van der Waals surface area contributed by atoms with Crippen LogP contribution in [0, 0.1) is 11.3 Å². The molecule has 1 heterocycles. The second-order valence-electron chi connectivity index (χ2n) is 4.60. The van der Waals surface area contributed by atoms with E-state index in [1.807, 2.05) is 27.7 Å². The molecule has 3 heteroatoms. The summed E-state index contributed by atoms with van der Waals surface area (Å²) in [5.41, 5.74) is -0.554. The maximum Gasteiger partial charge on any atom is 0.309 e. The van der Waals surface area contributed by atoms with Gasteiger partial charge in [-0.25, -0.2) is 0 Å². The van der Waals surface area contributed by atoms with E-state index in [4.69, 9.17) is 5.11 Å². The lowest BCUT2D eigenvalue weighted by molar-refractivity contribution is -0.151. The zero-order valence-corrected chi connectivity index (χ0v) is 10.7. The van der Waals surface area contributed by atoms with Crippen molar-refractivity contribution in [3.8, 4) is 0 Å². The molecule has 0 aliphatic carbocycles. The molecule has 0 radical (unpaired) electrons. The van der Waals surface area contributed by atoms with Gasteiger partial charge in [0.1, 0.15) is 0 Å². The molecule has 90 valence electrons. The minimum atomic E-state index is -0.665. The highest BCUT2D eigenvalue weighted by molar-refractivity contribution is 5.74. The van der Waals surface area contributed by atoms with Crippen molar-refractivity contribution in [2.75, 3.05) is 20.1 Å². The van der Waals surface area contributed by atoms with Gasteiger partial charge < -0.3 is 10.0 Å². The maximum atomic E-state index is 11.0. The lowest BCUT2D eigenvalue weighted by atomic mass is 9.74. The van der Waals surface area contributed by atoms with E-state index in [-0.39, 0.29) is 0 Å². The molecule has 1 saturated heterocycles. The van der Waals surface area contributed by atoms with E-state index in [0.29, 0.717) is 5.92 Å². The van der Waals surface area contributed by atoms with Crippen LogP contribution >= 0.6 is 0 Å². The van der Waals surface area contributed by atoms with Crippen LogP contribution in [-0.4, -0.2) is 36.1 Å². The highest BCUT2D eigenvalue weighted by atomic mass is 16.4. The highest BCUT2D eigenvalue weighted by Crippen LogP contribution is 2.34. The van der Waals surface area contributed by atoms with Crippen LogP contribution < -0.4 is 0 Å². The third kappa shape index (κ3) is 3.82. The molecule has 1 aliphatic rings. The summed E-state index contributed by atoms with van der Waals surface area (Å²) in [7, 11) is 2.09. The molecule has 0 atom stereocenters. The Bertz CT molecular complexity index is 194. The van der Waals surface area contributed by atoms with Gasteiger partial charge >= 0.3 is 5.97 Å². The van der Waals surface area contributed by atoms with Gasteiger partial charge in [-0.3, -0.25) is 4.79 Å². The summed E-state index contributed by atoms with van der Waals surface area (Å²) < 4.78 is 0. The Labute approximate surface area is 93.5 Å². The summed E-state index contributed by atoms with van der Waals surface area (Å²) in [5.74, 6) is -0.330. The molecular formula is C12H25NO2. The molecule has 1 N–H and O–H groups in total. The van der Waals surface area contributed by atoms with Crippen LogP contribution in [0.3, 0.4) is 0 Å². The van der Waals surface area contributed by atoms with E-state index in [0.717, 1.165) is 25.9 Å². The first-order valence-electron chi connectivity index (χ1n) is 5.86.